The minimum Gasteiger partial charge on any atom is -0.335 e. The molecule has 0 saturated heterocycles. The van der Waals surface area contributed by atoms with Crippen LogP contribution < -0.4 is 0 Å². The van der Waals surface area contributed by atoms with E-state index in [4.69, 9.17) is 23.2 Å². The highest BCUT2D eigenvalue weighted by atomic mass is 35.5. The Bertz CT molecular complexity index is 614. The van der Waals surface area contributed by atoms with Crippen molar-refractivity contribution in [1.29, 1.82) is 0 Å². The molecule has 0 fully saturated rings. The summed E-state index contributed by atoms with van der Waals surface area (Å²) in [7, 11) is 1.75. The molecule has 1 amide bonds. The minimum absolute atomic E-state index is 0.0862. The summed E-state index contributed by atoms with van der Waals surface area (Å²) in [5, 5.41) is 1.02. The average molecular weight is 309 g/mol. The lowest BCUT2D eigenvalue weighted by molar-refractivity contribution is 0.0742. The number of hydrogen-bond donors (Lipinski definition) is 0. The molecule has 1 unspecified atom stereocenters. The van der Waals surface area contributed by atoms with Crippen molar-refractivity contribution in [3.63, 3.8) is 0 Å². The number of carbonyl (C=O) groups excluding carboxylic acids is 1. The van der Waals surface area contributed by atoms with Crippen LogP contribution in [0.15, 0.2) is 42.6 Å². The molecule has 2 rings (SSSR count). The third kappa shape index (κ3) is 3.30. The molecule has 0 bridgehead atoms. The maximum Gasteiger partial charge on any atom is 0.255 e. The fourth-order valence-corrected chi connectivity index (χ4v) is 2.18. The molecule has 1 atom stereocenters. The van der Waals surface area contributed by atoms with Gasteiger partial charge in [-0.25, -0.2) is 4.98 Å². The molecule has 1 aromatic heterocycles. The highest BCUT2D eigenvalue weighted by Gasteiger charge is 2.19. The fraction of sp³-hybridized carbons (Fsp3) is 0.200. The van der Waals surface area contributed by atoms with Crippen LogP contribution in [0.5, 0.6) is 0 Å². The summed E-state index contributed by atoms with van der Waals surface area (Å²) in [5.41, 5.74) is 1.49. The van der Waals surface area contributed by atoms with Crippen molar-refractivity contribution in [2.75, 3.05) is 7.05 Å². The van der Waals surface area contributed by atoms with Crippen molar-refractivity contribution in [2.24, 2.45) is 0 Å². The monoisotopic (exact) mass is 308 g/mol. The smallest absolute Gasteiger partial charge is 0.255 e. The molecule has 2 aromatic rings. The van der Waals surface area contributed by atoms with Gasteiger partial charge in [-0.15, -0.1) is 0 Å². The van der Waals surface area contributed by atoms with Crippen molar-refractivity contribution >= 4 is 29.1 Å². The predicted molar refractivity (Wildman–Crippen MR) is 81.2 cm³/mol. The number of carbonyl (C=O) groups is 1. The Hall–Kier alpha value is -1.58. The Morgan fingerprint density at radius 1 is 1.25 bits per heavy atom. The molecule has 0 aliphatic heterocycles. The number of aromatic nitrogens is 1. The van der Waals surface area contributed by atoms with E-state index in [1.54, 1.807) is 24.1 Å². The molecule has 20 heavy (non-hydrogen) atoms. The number of pyridine rings is 1. The Kier molecular flexibility index (Phi) is 4.63. The largest absolute Gasteiger partial charge is 0.335 e. The van der Waals surface area contributed by atoms with Crippen LogP contribution in [0.25, 0.3) is 0 Å². The molecule has 5 heteroatoms. The maximum atomic E-state index is 12.4. The molecule has 0 N–H and O–H groups in total. The number of hydrogen-bond acceptors (Lipinski definition) is 2. The molecule has 0 spiro atoms. The van der Waals surface area contributed by atoms with E-state index < -0.39 is 0 Å². The summed E-state index contributed by atoms with van der Waals surface area (Å²) in [6, 6.07) is 10.7. The lowest BCUT2D eigenvalue weighted by atomic mass is 10.1. The van der Waals surface area contributed by atoms with Crippen molar-refractivity contribution in [1.82, 2.24) is 9.88 Å². The van der Waals surface area contributed by atoms with Gasteiger partial charge in [0.1, 0.15) is 5.15 Å². The molecular weight excluding hydrogens is 295 g/mol. The van der Waals surface area contributed by atoms with E-state index in [1.807, 2.05) is 31.2 Å². The number of halogens is 2. The van der Waals surface area contributed by atoms with Crippen molar-refractivity contribution < 1.29 is 4.79 Å². The van der Waals surface area contributed by atoms with Crippen LogP contribution in [0.3, 0.4) is 0 Å². The second-order valence-electron chi connectivity index (χ2n) is 4.52. The van der Waals surface area contributed by atoms with E-state index in [9.17, 15) is 4.79 Å². The zero-order valence-corrected chi connectivity index (χ0v) is 12.7. The van der Waals surface area contributed by atoms with Crippen molar-refractivity contribution in [3.8, 4) is 0 Å². The molecule has 1 aromatic carbocycles. The summed E-state index contributed by atoms with van der Waals surface area (Å²) >= 11 is 11.7. The normalized spacial score (nSPS) is 12.0. The zero-order chi connectivity index (χ0) is 14.7. The van der Waals surface area contributed by atoms with E-state index >= 15 is 0 Å². The first-order valence-corrected chi connectivity index (χ1v) is 6.89. The van der Waals surface area contributed by atoms with Crippen LogP contribution in [-0.4, -0.2) is 22.8 Å². The minimum atomic E-state index is -0.110. The van der Waals surface area contributed by atoms with E-state index in [0.717, 1.165) is 5.56 Å². The van der Waals surface area contributed by atoms with Gasteiger partial charge in [0.15, 0.2) is 0 Å². The molecule has 104 valence electrons. The summed E-state index contributed by atoms with van der Waals surface area (Å²) < 4.78 is 0. The van der Waals surface area contributed by atoms with E-state index in [0.29, 0.717) is 15.7 Å². The Morgan fingerprint density at radius 2 is 2.00 bits per heavy atom. The third-order valence-electron chi connectivity index (χ3n) is 3.21. The highest BCUT2D eigenvalue weighted by molar-refractivity contribution is 6.30. The summed E-state index contributed by atoms with van der Waals surface area (Å²) in [6.07, 6.45) is 1.48. The first-order chi connectivity index (χ1) is 9.49. The van der Waals surface area contributed by atoms with Gasteiger partial charge in [-0.2, -0.15) is 0 Å². The van der Waals surface area contributed by atoms with Crippen molar-refractivity contribution in [3.05, 3.63) is 63.9 Å². The first kappa shape index (κ1) is 14.8. The number of nitrogens with zero attached hydrogens (tertiary/aromatic N) is 2. The Morgan fingerprint density at radius 3 is 2.60 bits per heavy atom. The van der Waals surface area contributed by atoms with E-state index in [2.05, 4.69) is 4.98 Å². The van der Waals surface area contributed by atoms with Crippen LogP contribution in [0.2, 0.25) is 10.2 Å². The van der Waals surface area contributed by atoms with Gasteiger partial charge < -0.3 is 4.90 Å². The third-order valence-corrected chi connectivity index (χ3v) is 3.67. The van der Waals surface area contributed by atoms with Crippen LogP contribution in [0, 0.1) is 0 Å². The molecule has 0 saturated carbocycles. The summed E-state index contributed by atoms with van der Waals surface area (Å²) in [6.45, 7) is 1.95. The summed E-state index contributed by atoms with van der Waals surface area (Å²) in [4.78, 5) is 17.9. The van der Waals surface area contributed by atoms with Gasteiger partial charge in [0, 0.05) is 18.3 Å². The van der Waals surface area contributed by atoms with Crippen molar-refractivity contribution in [2.45, 2.75) is 13.0 Å². The number of rotatable bonds is 3. The topological polar surface area (TPSA) is 33.2 Å². The quantitative estimate of drug-likeness (QED) is 0.795. The van der Waals surface area contributed by atoms with Crippen LogP contribution in [-0.2, 0) is 0 Å². The molecule has 1 heterocycles. The molecule has 0 radical (unpaired) electrons. The first-order valence-electron chi connectivity index (χ1n) is 6.13. The van der Waals surface area contributed by atoms with Gasteiger partial charge in [-0.3, -0.25) is 4.79 Å². The molecule has 0 aliphatic rings. The van der Waals surface area contributed by atoms with Gasteiger partial charge in [0.2, 0.25) is 0 Å². The SMILES string of the molecule is CC(c1cccc(Cl)c1)N(C)C(=O)c1ccc(Cl)nc1. The fourth-order valence-electron chi connectivity index (χ4n) is 1.87. The highest BCUT2D eigenvalue weighted by Crippen LogP contribution is 2.23. The van der Waals surface area contributed by atoms with Crippen LogP contribution in [0.1, 0.15) is 28.9 Å². The molecular formula is C15H14Cl2N2O. The summed E-state index contributed by atoms with van der Waals surface area (Å²) in [5.74, 6) is -0.110. The average Bonchev–Trinajstić information content (AvgIpc) is 2.46. The van der Waals surface area contributed by atoms with Gasteiger partial charge in [-0.05, 0) is 36.8 Å². The van der Waals surface area contributed by atoms with E-state index in [-0.39, 0.29) is 11.9 Å². The maximum absolute atomic E-state index is 12.4. The second-order valence-corrected chi connectivity index (χ2v) is 5.34. The van der Waals surface area contributed by atoms with Gasteiger partial charge >= 0.3 is 0 Å². The second kappa shape index (κ2) is 6.25. The zero-order valence-electron chi connectivity index (χ0n) is 11.2. The standard InChI is InChI=1S/C15H14Cl2N2O/c1-10(11-4-3-5-13(16)8-11)19(2)15(20)12-6-7-14(17)18-9-12/h3-10H,1-2H3. The molecule has 0 aliphatic carbocycles. The molecule has 3 nitrogen and oxygen atoms in total. The van der Waals surface area contributed by atoms with Crippen LogP contribution in [0.4, 0.5) is 0 Å². The van der Waals surface area contributed by atoms with Gasteiger partial charge in [0.05, 0.1) is 11.6 Å². The lowest BCUT2D eigenvalue weighted by Crippen LogP contribution is -2.29. The Balaban J connectivity index is 2.20. The predicted octanol–water partition coefficient (Wildman–Crippen LogP) is 4.22. The van der Waals surface area contributed by atoms with Gasteiger partial charge in [0.25, 0.3) is 5.91 Å². The van der Waals surface area contributed by atoms with E-state index in [1.165, 1.54) is 6.20 Å². The number of benzene rings is 1. The van der Waals surface area contributed by atoms with Gasteiger partial charge in [-0.1, -0.05) is 35.3 Å². The lowest BCUT2D eigenvalue weighted by Gasteiger charge is -2.25. The van der Waals surface area contributed by atoms with Crippen LogP contribution >= 0.6 is 23.2 Å². The Labute approximate surface area is 128 Å². The number of amides is 1.